The summed E-state index contributed by atoms with van der Waals surface area (Å²) in [6, 6.07) is 6.87. The highest BCUT2D eigenvalue weighted by molar-refractivity contribution is 7.94. The van der Waals surface area contributed by atoms with E-state index in [0.29, 0.717) is 0 Å². The molecule has 1 aromatic carbocycles. The number of hydrogen-bond donors (Lipinski definition) is 2. The fraction of sp³-hybridized carbons (Fsp3) is 0.231. The third kappa shape index (κ3) is 4.41. The van der Waals surface area contributed by atoms with Crippen molar-refractivity contribution in [1.82, 2.24) is 5.32 Å². The van der Waals surface area contributed by atoms with Gasteiger partial charge in [0.2, 0.25) is 0 Å². The molecule has 1 heterocycles. The van der Waals surface area contributed by atoms with Crippen LogP contribution >= 0.6 is 22.9 Å². The summed E-state index contributed by atoms with van der Waals surface area (Å²) in [7, 11) is -1.89. The first kappa shape index (κ1) is 16.2. The van der Waals surface area contributed by atoms with Gasteiger partial charge in [0.15, 0.2) is 0 Å². The van der Waals surface area contributed by atoms with Crippen molar-refractivity contribution in [2.24, 2.45) is 0 Å². The van der Waals surface area contributed by atoms with E-state index in [2.05, 4.69) is 10.0 Å². The predicted molar refractivity (Wildman–Crippen MR) is 84.2 cm³/mol. The number of anilines is 1. The Bertz CT molecular complexity index is 711. The normalized spacial score (nSPS) is 11.6. The standard InChI is InChI=1S/C13H14ClFN2O2S2/c1-16-5-4-12-2-3-13(20-12)21(18,19)17-11-7-9(14)6-10(15)8-11/h2-3,6-8,16-17H,4-5H2,1H3. The van der Waals surface area contributed by atoms with E-state index in [0.717, 1.165) is 30.0 Å². The molecule has 2 aromatic rings. The third-order valence-electron chi connectivity index (χ3n) is 2.64. The highest BCUT2D eigenvalue weighted by Crippen LogP contribution is 2.26. The minimum atomic E-state index is -3.73. The molecule has 0 saturated carbocycles. The smallest absolute Gasteiger partial charge is 0.271 e. The first-order valence-electron chi connectivity index (χ1n) is 6.13. The van der Waals surface area contributed by atoms with Crippen molar-refractivity contribution in [2.75, 3.05) is 18.3 Å². The van der Waals surface area contributed by atoms with Gasteiger partial charge in [-0.25, -0.2) is 12.8 Å². The molecule has 1 aromatic heterocycles. The molecule has 0 fully saturated rings. The number of nitrogens with one attached hydrogen (secondary N) is 2. The van der Waals surface area contributed by atoms with Crippen LogP contribution in [0.25, 0.3) is 0 Å². The van der Waals surface area contributed by atoms with Crippen LogP contribution in [-0.4, -0.2) is 22.0 Å². The molecule has 0 radical (unpaired) electrons. The number of halogens is 2. The van der Waals surface area contributed by atoms with Gasteiger partial charge < -0.3 is 5.32 Å². The molecule has 8 heteroatoms. The predicted octanol–water partition coefficient (Wildman–Crippen LogP) is 3.10. The number of likely N-dealkylation sites (N-methyl/N-ethyl adjacent to an activating group) is 1. The lowest BCUT2D eigenvalue weighted by atomic mass is 10.3. The molecule has 0 amide bonds. The van der Waals surface area contributed by atoms with Gasteiger partial charge in [-0.05, 0) is 50.3 Å². The van der Waals surface area contributed by atoms with Crippen molar-refractivity contribution >= 4 is 38.6 Å². The van der Waals surface area contributed by atoms with E-state index in [1.807, 2.05) is 7.05 Å². The van der Waals surface area contributed by atoms with Crippen LogP contribution in [0.1, 0.15) is 4.88 Å². The minimum absolute atomic E-state index is 0.102. The summed E-state index contributed by atoms with van der Waals surface area (Å²) >= 11 is 6.90. The van der Waals surface area contributed by atoms with Crippen LogP contribution in [0.5, 0.6) is 0 Å². The highest BCUT2D eigenvalue weighted by atomic mass is 35.5. The maximum Gasteiger partial charge on any atom is 0.271 e. The van der Waals surface area contributed by atoms with Gasteiger partial charge in [0, 0.05) is 9.90 Å². The maximum atomic E-state index is 13.2. The van der Waals surface area contributed by atoms with Gasteiger partial charge in [0.25, 0.3) is 10.0 Å². The molecule has 2 rings (SSSR count). The van der Waals surface area contributed by atoms with Crippen LogP contribution in [-0.2, 0) is 16.4 Å². The van der Waals surface area contributed by atoms with E-state index in [9.17, 15) is 12.8 Å². The quantitative estimate of drug-likeness (QED) is 0.843. The Balaban J connectivity index is 2.19. The minimum Gasteiger partial charge on any atom is -0.319 e. The lowest BCUT2D eigenvalue weighted by Gasteiger charge is -2.06. The molecule has 4 nitrogen and oxygen atoms in total. The number of thiophene rings is 1. The van der Waals surface area contributed by atoms with E-state index in [-0.39, 0.29) is 14.9 Å². The molecule has 0 aliphatic carbocycles. The van der Waals surface area contributed by atoms with Crippen molar-refractivity contribution in [1.29, 1.82) is 0 Å². The van der Waals surface area contributed by atoms with Crippen molar-refractivity contribution in [3.05, 3.63) is 46.0 Å². The summed E-state index contributed by atoms with van der Waals surface area (Å²) in [4.78, 5) is 0.960. The summed E-state index contributed by atoms with van der Waals surface area (Å²) in [5, 5.41) is 3.13. The Kier molecular flexibility index (Phi) is 5.21. The second-order valence-corrected chi connectivity index (χ2v) is 7.85. The van der Waals surface area contributed by atoms with E-state index in [1.54, 1.807) is 12.1 Å². The van der Waals surface area contributed by atoms with Crippen molar-refractivity contribution < 1.29 is 12.8 Å². The summed E-state index contributed by atoms with van der Waals surface area (Å²) in [5.74, 6) is -0.596. The molecule has 0 saturated heterocycles. The first-order valence-corrected chi connectivity index (χ1v) is 8.81. The molecular formula is C13H14ClFN2O2S2. The molecule has 0 unspecified atom stereocenters. The van der Waals surface area contributed by atoms with Crippen LogP contribution in [0.2, 0.25) is 5.02 Å². The average Bonchev–Trinajstić information content (AvgIpc) is 2.84. The number of benzene rings is 1. The summed E-state index contributed by atoms with van der Waals surface area (Å²) < 4.78 is 40.2. The Morgan fingerprint density at radius 1 is 1.29 bits per heavy atom. The molecule has 0 aliphatic heterocycles. The van der Waals surface area contributed by atoms with Crippen molar-refractivity contribution in [3.8, 4) is 0 Å². The van der Waals surface area contributed by atoms with Gasteiger partial charge in [0.1, 0.15) is 10.0 Å². The topological polar surface area (TPSA) is 58.2 Å². The molecule has 114 valence electrons. The van der Waals surface area contributed by atoms with Crippen molar-refractivity contribution in [2.45, 2.75) is 10.6 Å². The van der Waals surface area contributed by atoms with Crippen LogP contribution in [0, 0.1) is 5.82 Å². The second kappa shape index (κ2) is 6.74. The monoisotopic (exact) mass is 348 g/mol. The maximum absolute atomic E-state index is 13.2. The summed E-state index contributed by atoms with van der Waals surface area (Å²) in [6.07, 6.45) is 0.752. The first-order chi connectivity index (χ1) is 9.90. The molecule has 2 N–H and O–H groups in total. The molecule has 0 atom stereocenters. The Morgan fingerprint density at radius 2 is 2.05 bits per heavy atom. The van der Waals surface area contributed by atoms with Gasteiger partial charge in [-0.1, -0.05) is 11.6 Å². The zero-order chi connectivity index (χ0) is 15.5. The largest absolute Gasteiger partial charge is 0.319 e. The summed E-state index contributed by atoms with van der Waals surface area (Å²) in [5.41, 5.74) is 0.102. The molecule has 0 spiro atoms. The zero-order valence-electron chi connectivity index (χ0n) is 11.2. The fourth-order valence-corrected chi connectivity index (χ4v) is 4.32. The SMILES string of the molecule is CNCCc1ccc(S(=O)(=O)Nc2cc(F)cc(Cl)c2)s1. The van der Waals surface area contributed by atoms with Crippen LogP contribution < -0.4 is 10.0 Å². The van der Waals surface area contributed by atoms with Gasteiger partial charge in [-0.3, -0.25) is 4.72 Å². The fourth-order valence-electron chi connectivity index (χ4n) is 1.70. The lowest BCUT2D eigenvalue weighted by Crippen LogP contribution is -2.11. The van der Waals surface area contributed by atoms with Crippen LogP contribution in [0.4, 0.5) is 10.1 Å². The Labute approximate surface area is 132 Å². The Morgan fingerprint density at radius 3 is 2.71 bits per heavy atom. The van der Waals surface area contributed by atoms with E-state index in [4.69, 9.17) is 11.6 Å². The lowest BCUT2D eigenvalue weighted by molar-refractivity contribution is 0.603. The number of hydrogen-bond acceptors (Lipinski definition) is 4. The second-order valence-electron chi connectivity index (χ2n) is 4.34. The number of rotatable bonds is 6. The summed E-state index contributed by atoms with van der Waals surface area (Å²) in [6.45, 7) is 0.771. The Hall–Kier alpha value is -1.15. The number of sulfonamides is 1. The van der Waals surface area contributed by atoms with Gasteiger partial charge in [0.05, 0.1) is 5.69 Å². The average molecular weight is 349 g/mol. The molecular weight excluding hydrogens is 335 g/mol. The zero-order valence-corrected chi connectivity index (χ0v) is 13.6. The van der Waals surface area contributed by atoms with Gasteiger partial charge in [-0.2, -0.15) is 0 Å². The van der Waals surface area contributed by atoms with E-state index in [1.165, 1.54) is 17.4 Å². The van der Waals surface area contributed by atoms with Crippen molar-refractivity contribution in [3.63, 3.8) is 0 Å². The van der Waals surface area contributed by atoms with Crippen LogP contribution in [0.3, 0.4) is 0 Å². The van der Waals surface area contributed by atoms with Crippen LogP contribution in [0.15, 0.2) is 34.5 Å². The third-order valence-corrected chi connectivity index (χ3v) is 5.87. The van der Waals surface area contributed by atoms with E-state index < -0.39 is 15.8 Å². The van der Waals surface area contributed by atoms with E-state index >= 15 is 0 Å². The van der Waals surface area contributed by atoms with Gasteiger partial charge in [-0.15, -0.1) is 11.3 Å². The molecule has 0 aliphatic rings. The van der Waals surface area contributed by atoms with Gasteiger partial charge >= 0.3 is 0 Å². The molecule has 0 bridgehead atoms. The highest BCUT2D eigenvalue weighted by Gasteiger charge is 2.17. The molecule has 21 heavy (non-hydrogen) atoms.